The molecule has 2 nitrogen and oxygen atoms in total. The standard InChI is InChI=1S/C17H25NO/c1-3-4-14-5-7-15(8-6-14)17(19)11-13(2)18(12-17)16-9-10-16/h5-8,13,16,19H,3-4,9-12H2,1-2H3. The zero-order chi connectivity index (χ0) is 13.5. The summed E-state index contributed by atoms with van der Waals surface area (Å²) >= 11 is 0. The molecule has 0 spiro atoms. The lowest BCUT2D eigenvalue weighted by molar-refractivity contribution is 0.0451. The predicted molar refractivity (Wildman–Crippen MR) is 78.1 cm³/mol. The van der Waals surface area contributed by atoms with Crippen molar-refractivity contribution in [3.63, 3.8) is 0 Å². The smallest absolute Gasteiger partial charge is 0.104 e. The molecule has 1 aliphatic heterocycles. The SMILES string of the molecule is CCCc1ccc(C2(O)CC(C)N(C3CC3)C2)cc1. The summed E-state index contributed by atoms with van der Waals surface area (Å²) in [6.07, 6.45) is 5.81. The van der Waals surface area contributed by atoms with E-state index in [1.807, 2.05) is 0 Å². The zero-order valence-electron chi connectivity index (χ0n) is 12.1. The highest BCUT2D eigenvalue weighted by Crippen LogP contribution is 2.41. The lowest BCUT2D eigenvalue weighted by atomic mass is 9.90. The second-order valence-corrected chi connectivity index (χ2v) is 6.44. The van der Waals surface area contributed by atoms with Gasteiger partial charge in [-0.15, -0.1) is 0 Å². The van der Waals surface area contributed by atoms with Crippen molar-refractivity contribution >= 4 is 0 Å². The predicted octanol–water partition coefficient (Wildman–Crippen LogP) is 3.08. The first-order chi connectivity index (χ1) is 9.12. The largest absolute Gasteiger partial charge is 0.384 e. The fourth-order valence-electron chi connectivity index (χ4n) is 3.50. The Bertz CT molecular complexity index is 437. The molecule has 2 unspecified atom stereocenters. The topological polar surface area (TPSA) is 23.5 Å². The first kappa shape index (κ1) is 13.1. The van der Waals surface area contributed by atoms with E-state index in [-0.39, 0.29) is 0 Å². The summed E-state index contributed by atoms with van der Waals surface area (Å²) < 4.78 is 0. The molecule has 1 aromatic carbocycles. The van der Waals surface area contributed by atoms with Gasteiger partial charge < -0.3 is 5.11 Å². The van der Waals surface area contributed by atoms with Crippen LogP contribution >= 0.6 is 0 Å². The van der Waals surface area contributed by atoms with Crippen LogP contribution in [0.2, 0.25) is 0 Å². The zero-order valence-corrected chi connectivity index (χ0v) is 12.1. The molecule has 1 N–H and O–H groups in total. The summed E-state index contributed by atoms with van der Waals surface area (Å²) in [5, 5.41) is 11.0. The summed E-state index contributed by atoms with van der Waals surface area (Å²) in [5.74, 6) is 0. The second-order valence-electron chi connectivity index (χ2n) is 6.44. The van der Waals surface area contributed by atoms with Crippen LogP contribution < -0.4 is 0 Å². The Morgan fingerprint density at radius 2 is 1.95 bits per heavy atom. The van der Waals surface area contributed by atoms with Gasteiger partial charge in [-0.3, -0.25) is 4.90 Å². The fraction of sp³-hybridized carbons (Fsp3) is 0.647. The maximum Gasteiger partial charge on any atom is 0.104 e. The Labute approximate surface area is 116 Å². The molecule has 2 atom stereocenters. The molecule has 0 radical (unpaired) electrons. The molecule has 2 fully saturated rings. The fourth-order valence-corrected chi connectivity index (χ4v) is 3.50. The number of hydrogen-bond acceptors (Lipinski definition) is 2. The monoisotopic (exact) mass is 259 g/mol. The third kappa shape index (κ3) is 2.56. The number of hydrogen-bond donors (Lipinski definition) is 1. The van der Waals surface area contributed by atoms with E-state index in [9.17, 15) is 5.11 Å². The van der Waals surface area contributed by atoms with E-state index in [1.165, 1.54) is 24.8 Å². The van der Waals surface area contributed by atoms with Gasteiger partial charge in [-0.25, -0.2) is 0 Å². The van der Waals surface area contributed by atoms with Gasteiger partial charge in [0.15, 0.2) is 0 Å². The Morgan fingerprint density at radius 1 is 1.26 bits per heavy atom. The second kappa shape index (κ2) is 4.92. The average molecular weight is 259 g/mol. The number of β-amino-alcohol motifs (C(OH)–C–C–N with tert-alkyl or cyclic N) is 1. The van der Waals surface area contributed by atoms with E-state index in [2.05, 4.69) is 43.0 Å². The van der Waals surface area contributed by atoms with Crippen LogP contribution in [0.5, 0.6) is 0 Å². The third-order valence-electron chi connectivity index (χ3n) is 4.69. The van der Waals surface area contributed by atoms with Gasteiger partial charge in [-0.2, -0.15) is 0 Å². The van der Waals surface area contributed by atoms with Gasteiger partial charge in [0.25, 0.3) is 0 Å². The van der Waals surface area contributed by atoms with Crippen molar-refractivity contribution < 1.29 is 5.11 Å². The lowest BCUT2D eigenvalue weighted by Crippen LogP contribution is -2.33. The summed E-state index contributed by atoms with van der Waals surface area (Å²) in [5.41, 5.74) is 1.84. The van der Waals surface area contributed by atoms with Gasteiger partial charge in [0.1, 0.15) is 5.60 Å². The Kier molecular flexibility index (Phi) is 3.40. The van der Waals surface area contributed by atoms with Crippen LogP contribution in [0, 0.1) is 0 Å². The third-order valence-corrected chi connectivity index (χ3v) is 4.69. The molecule has 2 heteroatoms. The summed E-state index contributed by atoms with van der Waals surface area (Å²) in [6.45, 7) is 5.27. The van der Waals surface area contributed by atoms with Gasteiger partial charge in [-0.05, 0) is 43.7 Å². The minimum atomic E-state index is -0.632. The highest BCUT2D eigenvalue weighted by molar-refractivity contribution is 5.29. The highest BCUT2D eigenvalue weighted by Gasteiger charge is 2.46. The van der Waals surface area contributed by atoms with Crippen molar-refractivity contribution in [2.75, 3.05) is 6.54 Å². The van der Waals surface area contributed by atoms with Gasteiger partial charge in [0, 0.05) is 18.6 Å². The summed E-state index contributed by atoms with van der Waals surface area (Å²) in [6, 6.07) is 9.88. The highest BCUT2D eigenvalue weighted by atomic mass is 16.3. The van der Waals surface area contributed by atoms with Crippen LogP contribution in [0.1, 0.15) is 50.7 Å². The molecule has 1 heterocycles. The van der Waals surface area contributed by atoms with E-state index >= 15 is 0 Å². The maximum atomic E-state index is 11.0. The van der Waals surface area contributed by atoms with E-state index in [0.29, 0.717) is 6.04 Å². The van der Waals surface area contributed by atoms with E-state index in [1.54, 1.807) is 0 Å². The lowest BCUT2D eigenvalue weighted by Gasteiger charge is -2.24. The van der Waals surface area contributed by atoms with Crippen molar-refractivity contribution in [2.45, 2.75) is 63.6 Å². The molecular formula is C17H25NO. The molecule has 0 bridgehead atoms. The average Bonchev–Trinajstić information content (AvgIpc) is 3.17. The van der Waals surface area contributed by atoms with E-state index in [0.717, 1.165) is 31.0 Å². The van der Waals surface area contributed by atoms with Crippen LogP contribution in [0.4, 0.5) is 0 Å². The molecule has 0 aromatic heterocycles. The molecule has 1 saturated carbocycles. The number of aryl methyl sites for hydroxylation is 1. The number of benzene rings is 1. The first-order valence-corrected chi connectivity index (χ1v) is 7.70. The van der Waals surface area contributed by atoms with Crippen molar-refractivity contribution in [1.82, 2.24) is 4.90 Å². The van der Waals surface area contributed by atoms with Crippen LogP contribution in [-0.4, -0.2) is 28.6 Å². The van der Waals surface area contributed by atoms with Gasteiger partial charge in [0.2, 0.25) is 0 Å². The Morgan fingerprint density at radius 3 is 2.53 bits per heavy atom. The minimum Gasteiger partial charge on any atom is -0.384 e. The van der Waals surface area contributed by atoms with Gasteiger partial charge in [-0.1, -0.05) is 37.6 Å². The van der Waals surface area contributed by atoms with Crippen LogP contribution in [0.15, 0.2) is 24.3 Å². The van der Waals surface area contributed by atoms with E-state index in [4.69, 9.17) is 0 Å². The molecule has 1 aliphatic carbocycles. The van der Waals surface area contributed by atoms with Crippen molar-refractivity contribution in [3.8, 4) is 0 Å². The van der Waals surface area contributed by atoms with Crippen LogP contribution in [0.25, 0.3) is 0 Å². The van der Waals surface area contributed by atoms with Crippen molar-refractivity contribution in [1.29, 1.82) is 0 Å². The van der Waals surface area contributed by atoms with Gasteiger partial charge in [0.05, 0.1) is 0 Å². The normalized spacial score (nSPS) is 31.8. The van der Waals surface area contributed by atoms with E-state index < -0.39 is 5.60 Å². The Hall–Kier alpha value is -0.860. The molecule has 3 rings (SSSR count). The summed E-state index contributed by atoms with van der Waals surface area (Å²) in [4.78, 5) is 2.50. The first-order valence-electron chi connectivity index (χ1n) is 7.70. The molecular weight excluding hydrogens is 234 g/mol. The Balaban J connectivity index is 1.76. The maximum absolute atomic E-state index is 11.0. The molecule has 1 aromatic rings. The minimum absolute atomic E-state index is 0.507. The number of aliphatic hydroxyl groups is 1. The van der Waals surface area contributed by atoms with Gasteiger partial charge >= 0.3 is 0 Å². The molecule has 2 aliphatic rings. The number of likely N-dealkylation sites (tertiary alicyclic amines) is 1. The molecule has 104 valence electrons. The van der Waals surface area contributed by atoms with Crippen LogP contribution in [-0.2, 0) is 12.0 Å². The molecule has 19 heavy (non-hydrogen) atoms. The number of nitrogens with zero attached hydrogens (tertiary/aromatic N) is 1. The summed E-state index contributed by atoms with van der Waals surface area (Å²) in [7, 11) is 0. The van der Waals surface area contributed by atoms with Crippen LogP contribution in [0.3, 0.4) is 0 Å². The number of rotatable bonds is 4. The quantitative estimate of drug-likeness (QED) is 0.898. The molecule has 0 amide bonds. The van der Waals surface area contributed by atoms with Crippen molar-refractivity contribution in [2.24, 2.45) is 0 Å². The molecule has 1 saturated heterocycles. The van der Waals surface area contributed by atoms with Crippen molar-refractivity contribution in [3.05, 3.63) is 35.4 Å².